The maximum atomic E-state index is 15.1. The van der Waals surface area contributed by atoms with E-state index < -0.39 is 150 Å². The minimum Gasteiger partial charge on any atom is -0.370 e. The molecule has 2 aliphatic rings. The van der Waals surface area contributed by atoms with E-state index in [1.807, 2.05) is 13.8 Å². The standard InChI is InChI=1S/C64H88N14O12/c1-35(2)27-44-56(82)69-43(23-15-25-65)55(81)77-54(37(5)6)63(89)75-47(31-40-34-68-42-22-14-13-21-41(40)42)59(85)72-49(33-53(67)80)61(87)73-48(32-52(66)79)60(86)71-45(28-36(3)4)57(83)76-50(30-39-19-11-8-12-20-39)64(90)78-26-16-24-51(78)62(88)74-46(58(84)70-44)29-38-17-9-7-10-18-38/h7-14,17-22,34-37,43-51,54,68H,15-16,23-33,65H2,1-6H3,(H2,66,79)(H2,67,80)(H,69,82)(H,70,84)(H,71,86)(H,72,85)(H,73,87)(H,74,88)(H,75,89)(H,76,83)(H,77,81)/t43-,44-,45+,46+,47-,48-,49-,50-,51-,54-/m0/s1. The second-order valence-electron chi connectivity index (χ2n) is 24.4. The lowest BCUT2D eigenvalue weighted by molar-refractivity contribution is -0.142. The summed E-state index contributed by atoms with van der Waals surface area (Å²) in [4.78, 5) is 177. The number of hydrogen-bond acceptors (Lipinski definition) is 13. The van der Waals surface area contributed by atoms with Crippen LogP contribution in [0, 0.1) is 17.8 Å². The van der Waals surface area contributed by atoms with Gasteiger partial charge in [-0.25, -0.2) is 0 Å². The highest BCUT2D eigenvalue weighted by Crippen LogP contribution is 2.23. The van der Waals surface area contributed by atoms with Crippen LogP contribution in [-0.2, 0) is 76.8 Å². The third kappa shape index (κ3) is 20.4. The Kier molecular flexibility index (Phi) is 25.9. The fraction of sp³-hybridized carbons (Fsp3) is 0.500. The molecule has 2 saturated heterocycles. The van der Waals surface area contributed by atoms with Crippen molar-refractivity contribution in [2.75, 3.05) is 13.1 Å². The molecule has 486 valence electrons. The van der Waals surface area contributed by atoms with Gasteiger partial charge in [-0.2, -0.15) is 0 Å². The number of benzene rings is 3. The van der Waals surface area contributed by atoms with Gasteiger partial charge in [-0.05, 0) is 85.6 Å². The number of carbonyl (C=O) groups is 12. The van der Waals surface area contributed by atoms with E-state index in [4.69, 9.17) is 17.2 Å². The van der Waals surface area contributed by atoms with Crippen molar-refractivity contribution in [2.24, 2.45) is 35.0 Å². The van der Waals surface area contributed by atoms with Crippen LogP contribution in [0.5, 0.6) is 0 Å². The lowest BCUT2D eigenvalue weighted by Gasteiger charge is -2.32. The lowest BCUT2D eigenvalue weighted by Crippen LogP contribution is -2.62. The zero-order valence-electron chi connectivity index (χ0n) is 51.9. The number of nitrogens with zero attached hydrogens (tertiary/aromatic N) is 1. The van der Waals surface area contributed by atoms with Crippen LogP contribution in [0.15, 0.2) is 91.1 Å². The molecule has 0 bridgehead atoms. The van der Waals surface area contributed by atoms with Crippen molar-refractivity contribution in [1.82, 2.24) is 57.7 Å². The molecule has 2 fully saturated rings. The number of rotatable bonds is 18. The number of para-hydroxylation sites is 1. The minimum absolute atomic E-state index is 0.0164. The molecule has 0 radical (unpaired) electrons. The van der Waals surface area contributed by atoms with Crippen molar-refractivity contribution in [3.05, 3.63) is 108 Å². The van der Waals surface area contributed by atoms with Gasteiger partial charge in [-0.15, -0.1) is 0 Å². The predicted octanol–water partition coefficient (Wildman–Crippen LogP) is -0.199. The highest BCUT2D eigenvalue weighted by atomic mass is 16.2. The quantitative estimate of drug-likeness (QED) is 0.0615. The van der Waals surface area contributed by atoms with E-state index in [2.05, 4.69) is 52.8 Å². The van der Waals surface area contributed by atoms with Crippen molar-refractivity contribution in [3.63, 3.8) is 0 Å². The van der Waals surface area contributed by atoms with Gasteiger partial charge in [0.25, 0.3) is 0 Å². The Labute approximate surface area is 523 Å². The smallest absolute Gasteiger partial charge is 0.246 e. The summed E-state index contributed by atoms with van der Waals surface area (Å²) in [5, 5.41) is 24.9. The zero-order valence-corrected chi connectivity index (χ0v) is 51.9. The van der Waals surface area contributed by atoms with Crippen molar-refractivity contribution in [3.8, 4) is 0 Å². The summed E-state index contributed by atoms with van der Waals surface area (Å²) in [6.45, 7) is 10.6. The third-order valence-corrected chi connectivity index (χ3v) is 15.7. The summed E-state index contributed by atoms with van der Waals surface area (Å²) >= 11 is 0. The molecule has 3 aromatic carbocycles. The molecule has 4 aromatic rings. The van der Waals surface area contributed by atoms with Crippen LogP contribution in [0.4, 0.5) is 0 Å². The third-order valence-electron chi connectivity index (χ3n) is 15.7. The highest BCUT2D eigenvalue weighted by Gasteiger charge is 2.42. The highest BCUT2D eigenvalue weighted by molar-refractivity contribution is 6.01. The number of fused-ring (bicyclic) bond motifs is 2. The van der Waals surface area contributed by atoms with Crippen LogP contribution in [0.3, 0.4) is 0 Å². The molecule has 2 aliphatic heterocycles. The van der Waals surface area contributed by atoms with Crippen LogP contribution in [0.1, 0.15) is 110 Å². The molecule has 12 amide bonds. The average Bonchev–Trinajstić information content (AvgIpc) is 2.11. The average molecular weight is 1250 g/mol. The first-order valence-corrected chi connectivity index (χ1v) is 30.7. The summed E-state index contributed by atoms with van der Waals surface area (Å²) in [7, 11) is 0. The second kappa shape index (κ2) is 33.4. The van der Waals surface area contributed by atoms with Gasteiger partial charge in [0.2, 0.25) is 70.9 Å². The van der Waals surface area contributed by atoms with E-state index in [1.54, 1.807) is 119 Å². The first kappa shape index (κ1) is 69.9. The normalized spacial score (nSPS) is 24.4. The SMILES string of the molecule is CC(C)C[C@@H]1NC(=O)[C@@H](Cc2ccccc2)NC(=O)[C@@H]2CCCN2C(=O)[C@H](Cc2ccccc2)NC(=O)[C@@H](CC(C)C)NC(=O)[C@H](CC(N)=O)NC(=O)[C@H](CC(N)=O)NC(=O)[C@H](Cc2c[nH]c3ccccc23)NC(=O)[C@H](C(C)C)NC(=O)[C@H](CCCN)NC1=O. The Morgan fingerprint density at radius 3 is 1.42 bits per heavy atom. The molecule has 90 heavy (non-hydrogen) atoms. The maximum Gasteiger partial charge on any atom is 0.246 e. The Hall–Kier alpha value is -9.20. The fourth-order valence-electron chi connectivity index (χ4n) is 11.1. The topological polar surface area (TPSA) is 410 Å². The van der Waals surface area contributed by atoms with Crippen LogP contribution in [-0.4, -0.2) is 154 Å². The van der Waals surface area contributed by atoms with Gasteiger partial charge in [0.15, 0.2) is 0 Å². The van der Waals surface area contributed by atoms with Crippen molar-refractivity contribution < 1.29 is 57.5 Å². The number of hydrogen-bond donors (Lipinski definition) is 13. The molecule has 3 heterocycles. The fourth-order valence-corrected chi connectivity index (χ4v) is 11.1. The Morgan fingerprint density at radius 1 is 0.489 bits per heavy atom. The van der Waals surface area contributed by atoms with Crippen molar-refractivity contribution in [1.29, 1.82) is 0 Å². The lowest BCUT2D eigenvalue weighted by atomic mass is 9.98. The summed E-state index contributed by atoms with van der Waals surface area (Å²) in [6, 6.07) is 10.2. The number of aromatic amines is 1. The van der Waals surface area contributed by atoms with Gasteiger partial charge in [0.1, 0.15) is 60.4 Å². The molecule has 26 heteroatoms. The van der Waals surface area contributed by atoms with E-state index in [-0.39, 0.29) is 76.3 Å². The minimum atomic E-state index is -1.86. The van der Waals surface area contributed by atoms with Crippen LogP contribution in [0.25, 0.3) is 10.9 Å². The van der Waals surface area contributed by atoms with Crippen molar-refractivity contribution in [2.45, 2.75) is 173 Å². The van der Waals surface area contributed by atoms with Gasteiger partial charge < -0.3 is 74.9 Å². The number of aromatic nitrogens is 1. The molecular formula is C64H88N14O12. The van der Waals surface area contributed by atoms with E-state index in [0.29, 0.717) is 34.0 Å². The molecular weight excluding hydrogens is 1160 g/mol. The van der Waals surface area contributed by atoms with Gasteiger partial charge >= 0.3 is 0 Å². The summed E-state index contributed by atoms with van der Waals surface area (Å²) < 4.78 is 0. The summed E-state index contributed by atoms with van der Waals surface area (Å²) in [6.07, 6.45) is 0.317. The maximum absolute atomic E-state index is 15.1. The summed E-state index contributed by atoms with van der Waals surface area (Å²) in [5.41, 5.74) is 19.7. The number of amides is 12. The van der Waals surface area contributed by atoms with E-state index in [0.717, 1.165) is 0 Å². The largest absolute Gasteiger partial charge is 0.370 e. The predicted molar refractivity (Wildman–Crippen MR) is 334 cm³/mol. The van der Waals surface area contributed by atoms with Crippen LogP contribution < -0.4 is 65.1 Å². The molecule has 0 unspecified atom stereocenters. The van der Waals surface area contributed by atoms with Crippen molar-refractivity contribution >= 4 is 81.8 Å². The first-order chi connectivity index (χ1) is 42.8. The Morgan fingerprint density at radius 2 is 0.911 bits per heavy atom. The van der Waals surface area contributed by atoms with Gasteiger partial charge in [-0.1, -0.05) is 120 Å². The number of nitrogens with two attached hydrogens (primary N) is 3. The number of carbonyl (C=O) groups excluding carboxylic acids is 12. The Bertz CT molecular complexity index is 3190. The molecule has 0 saturated carbocycles. The van der Waals surface area contributed by atoms with Gasteiger partial charge in [0.05, 0.1) is 12.8 Å². The van der Waals surface area contributed by atoms with Crippen LogP contribution in [0.2, 0.25) is 0 Å². The molecule has 1 aromatic heterocycles. The monoisotopic (exact) mass is 1240 g/mol. The number of nitrogens with one attached hydrogen (secondary N) is 10. The molecule has 0 aliphatic carbocycles. The molecule has 10 atom stereocenters. The van der Waals surface area contributed by atoms with E-state index >= 15 is 4.79 Å². The molecule has 16 N–H and O–H groups in total. The molecule has 0 spiro atoms. The number of H-pyrrole nitrogens is 1. The van der Waals surface area contributed by atoms with Gasteiger partial charge in [0, 0.05) is 42.9 Å². The van der Waals surface area contributed by atoms with E-state index in [9.17, 15) is 52.7 Å². The zero-order chi connectivity index (χ0) is 65.8. The first-order valence-electron chi connectivity index (χ1n) is 30.7. The van der Waals surface area contributed by atoms with Gasteiger partial charge in [-0.3, -0.25) is 57.5 Å². The van der Waals surface area contributed by atoms with E-state index in [1.165, 1.54) is 4.90 Å². The summed E-state index contributed by atoms with van der Waals surface area (Å²) in [5.74, 6) is -12.0. The van der Waals surface area contributed by atoms with Crippen LogP contribution >= 0.6 is 0 Å². The Balaban J connectivity index is 1.45. The second-order valence-corrected chi connectivity index (χ2v) is 24.4. The molecule has 6 rings (SSSR count). The number of primary amides is 2. The molecule has 26 nitrogen and oxygen atoms in total.